The van der Waals surface area contributed by atoms with Crippen molar-refractivity contribution in [2.75, 3.05) is 19.6 Å². The molecular formula is C25H35N3O3S. The van der Waals surface area contributed by atoms with Crippen LogP contribution in [-0.2, 0) is 10.0 Å². The Kier molecular flexibility index (Phi) is 7.05. The summed E-state index contributed by atoms with van der Waals surface area (Å²) >= 11 is 0. The Morgan fingerprint density at radius 1 is 1.00 bits per heavy atom. The second-order valence-electron chi connectivity index (χ2n) is 9.32. The molecule has 1 N–H and O–H groups in total. The fourth-order valence-electron chi connectivity index (χ4n) is 5.34. The highest BCUT2D eigenvalue weighted by atomic mass is 32.2. The molecule has 2 aromatic rings. The number of rotatable bonds is 6. The van der Waals surface area contributed by atoms with E-state index in [9.17, 15) is 13.2 Å². The molecule has 6 nitrogen and oxygen atoms in total. The van der Waals surface area contributed by atoms with Gasteiger partial charge in [-0.1, -0.05) is 37.5 Å². The topological polar surface area (TPSA) is 71.4 Å². The number of carbonyl (C=O) groups excluding carboxylic acids is 1. The molecule has 32 heavy (non-hydrogen) atoms. The summed E-state index contributed by atoms with van der Waals surface area (Å²) in [5.74, 6) is 0.280. The predicted octanol–water partition coefficient (Wildman–Crippen LogP) is 4.44. The van der Waals surface area contributed by atoms with Gasteiger partial charge in [0.15, 0.2) is 0 Å². The molecule has 2 aliphatic rings. The number of benzene rings is 1. The van der Waals surface area contributed by atoms with Gasteiger partial charge in [0.1, 0.15) is 0 Å². The fraction of sp³-hybridized carbons (Fsp3) is 0.560. The van der Waals surface area contributed by atoms with Gasteiger partial charge in [0.05, 0.1) is 10.5 Å². The number of amides is 1. The molecule has 174 valence electrons. The maximum absolute atomic E-state index is 12.9. The molecule has 4 rings (SSSR count). The zero-order chi connectivity index (χ0) is 22.7. The SMILES string of the molecule is Cc1cc(C(=O)NCC2CCN(S(=O)(=O)c3ccccc3)CC2)c(C)n1C1CCCCC1. The van der Waals surface area contributed by atoms with Crippen LogP contribution in [0.5, 0.6) is 0 Å². The molecule has 2 fully saturated rings. The number of carbonyl (C=O) groups is 1. The second kappa shape index (κ2) is 9.79. The van der Waals surface area contributed by atoms with E-state index in [1.54, 1.807) is 28.6 Å². The van der Waals surface area contributed by atoms with Crippen LogP contribution in [0.3, 0.4) is 0 Å². The van der Waals surface area contributed by atoms with Crippen molar-refractivity contribution in [2.45, 2.75) is 69.7 Å². The van der Waals surface area contributed by atoms with Gasteiger partial charge in [-0.3, -0.25) is 4.79 Å². The molecule has 0 radical (unpaired) electrons. The summed E-state index contributed by atoms with van der Waals surface area (Å²) < 4.78 is 29.5. The van der Waals surface area contributed by atoms with Gasteiger partial charge in [-0.25, -0.2) is 8.42 Å². The Bertz CT molecular complexity index is 1030. The largest absolute Gasteiger partial charge is 0.352 e. The van der Waals surface area contributed by atoms with Crippen LogP contribution in [0, 0.1) is 19.8 Å². The summed E-state index contributed by atoms with van der Waals surface area (Å²) in [5.41, 5.74) is 3.01. The number of piperidine rings is 1. The highest BCUT2D eigenvalue weighted by Gasteiger charge is 2.30. The molecule has 0 spiro atoms. The summed E-state index contributed by atoms with van der Waals surface area (Å²) in [6.45, 7) is 5.73. The molecule has 1 aliphatic heterocycles. The number of hydrogen-bond donors (Lipinski definition) is 1. The molecule has 0 atom stereocenters. The van der Waals surface area contributed by atoms with E-state index in [1.807, 2.05) is 12.1 Å². The molecule has 2 heterocycles. The average molecular weight is 458 g/mol. The zero-order valence-electron chi connectivity index (χ0n) is 19.2. The van der Waals surface area contributed by atoms with Gasteiger partial charge in [0, 0.05) is 37.1 Å². The van der Waals surface area contributed by atoms with Crippen molar-refractivity contribution >= 4 is 15.9 Å². The van der Waals surface area contributed by atoms with Gasteiger partial charge in [0.2, 0.25) is 10.0 Å². The van der Waals surface area contributed by atoms with E-state index < -0.39 is 10.0 Å². The summed E-state index contributed by atoms with van der Waals surface area (Å²) in [4.78, 5) is 13.3. The number of aryl methyl sites for hydroxylation is 1. The summed E-state index contributed by atoms with van der Waals surface area (Å²) in [7, 11) is -3.43. The molecule has 1 saturated heterocycles. The highest BCUT2D eigenvalue weighted by Crippen LogP contribution is 2.32. The van der Waals surface area contributed by atoms with E-state index >= 15 is 0 Å². The van der Waals surface area contributed by atoms with Gasteiger partial charge in [-0.15, -0.1) is 0 Å². The van der Waals surface area contributed by atoms with Crippen molar-refractivity contribution < 1.29 is 13.2 Å². The molecule has 7 heteroatoms. The van der Waals surface area contributed by atoms with Crippen LogP contribution in [0.2, 0.25) is 0 Å². The van der Waals surface area contributed by atoms with E-state index in [1.165, 1.54) is 37.8 Å². The number of sulfonamides is 1. The quantitative estimate of drug-likeness (QED) is 0.697. The third-order valence-electron chi connectivity index (χ3n) is 7.17. The van der Waals surface area contributed by atoms with Crippen molar-refractivity contribution in [3.8, 4) is 0 Å². The van der Waals surface area contributed by atoms with E-state index in [4.69, 9.17) is 0 Å². The average Bonchev–Trinajstić information content (AvgIpc) is 3.12. The first kappa shape index (κ1) is 23.1. The molecule has 1 saturated carbocycles. The van der Waals surface area contributed by atoms with Crippen molar-refractivity contribution in [1.29, 1.82) is 0 Å². The Morgan fingerprint density at radius 2 is 1.66 bits per heavy atom. The zero-order valence-corrected chi connectivity index (χ0v) is 20.0. The van der Waals surface area contributed by atoms with Gasteiger partial charge < -0.3 is 9.88 Å². The van der Waals surface area contributed by atoms with Gasteiger partial charge in [-0.05, 0) is 63.6 Å². The Labute approximate surface area is 192 Å². The maximum atomic E-state index is 12.9. The number of hydrogen-bond acceptors (Lipinski definition) is 3. The summed E-state index contributed by atoms with van der Waals surface area (Å²) in [5, 5.41) is 3.12. The van der Waals surface area contributed by atoms with E-state index in [-0.39, 0.29) is 5.91 Å². The summed E-state index contributed by atoms with van der Waals surface area (Å²) in [6.07, 6.45) is 7.75. The lowest BCUT2D eigenvalue weighted by Crippen LogP contribution is -2.41. The van der Waals surface area contributed by atoms with Crippen LogP contribution in [0.4, 0.5) is 0 Å². The van der Waals surface area contributed by atoms with Crippen LogP contribution < -0.4 is 5.32 Å². The van der Waals surface area contributed by atoms with E-state index in [0.717, 1.165) is 24.1 Å². The standard InChI is InChI=1S/C25H35N3O3S/c1-19-17-24(20(2)28(19)22-9-5-3-6-10-22)25(29)26-18-21-13-15-27(16-14-21)32(30,31)23-11-7-4-8-12-23/h4,7-8,11-12,17,21-22H,3,5-6,9-10,13-16,18H2,1-2H3,(H,26,29). The van der Waals surface area contributed by atoms with Crippen LogP contribution in [-0.4, -0.2) is 42.8 Å². The normalized spacial score (nSPS) is 19.2. The Balaban J connectivity index is 1.32. The van der Waals surface area contributed by atoms with Crippen LogP contribution >= 0.6 is 0 Å². The van der Waals surface area contributed by atoms with Crippen LogP contribution in [0.1, 0.15) is 72.7 Å². The number of nitrogens with zero attached hydrogens (tertiary/aromatic N) is 2. The summed E-state index contributed by atoms with van der Waals surface area (Å²) in [6, 6.07) is 11.1. The maximum Gasteiger partial charge on any atom is 0.253 e. The van der Waals surface area contributed by atoms with E-state index in [0.29, 0.717) is 36.5 Å². The third-order valence-corrected chi connectivity index (χ3v) is 9.09. The van der Waals surface area contributed by atoms with Gasteiger partial charge >= 0.3 is 0 Å². The van der Waals surface area contributed by atoms with Crippen molar-refractivity contribution in [3.63, 3.8) is 0 Å². The first-order chi connectivity index (χ1) is 15.4. The minimum Gasteiger partial charge on any atom is -0.352 e. The number of aromatic nitrogens is 1. The van der Waals surface area contributed by atoms with Crippen molar-refractivity contribution in [1.82, 2.24) is 14.2 Å². The highest BCUT2D eigenvalue weighted by molar-refractivity contribution is 7.89. The second-order valence-corrected chi connectivity index (χ2v) is 11.3. The molecule has 1 aliphatic carbocycles. The Morgan fingerprint density at radius 3 is 2.31 bits per heavy atom. The first-order valence-corrected chi connectivity index (χ1v) is 13.3. The van der Waals surface area contributed by atoms with E-state index in [2.05, 4.69) is 23.7 Å². The lowest BCUT2D eigenvalue weighted by molar-refractivity contribution is 0.0940. The lowest BCUT2D eigenvalue weighted by Gasteiger charge is -2.31. The fourth-order valence-corrected chi connectivity index (χ4v) is 6.83. The molecule has 1 amide bonds. The Hall–Kier alpha value is -2.12. The minimum atomic E-state index is -3.43. The van der Waals surface area contributed by atoms with Crippen LogP contribution in [0.15, 0.2) is 41.3 Å². The van der Waals surface area contributed by atoms with Crippen molar-refractivity contribution in [2.24, 2.45) is 5.92 Å². The third kappa shape index (κ3) is 4.79. The molecular weight excluding hydrogens is 422 g/mol. The molecule has 0 unspecified atom stereocenters. The first-order valence-electron chi connectivity index (χ1n) is 11.9. The van der Waals surface area contributed by atoms with Crippen LogP contribution in [0.25, 0.3) is 0 Å². The molecule has 0 bridgehead atoms. The number of nitrogens with one attached hydrogen (secondary N) is 1. The van der Waals surface area contributed by atoms with Crippen molar-refractivity contribution in [3.05, 3.63) is 53.3 Å². The van der Waals surface area contributed by atoms with Gasteiger partial charge in [-0.2, -0.15) is 4.31 Å². The monoisotopic (exact) mass is 457 g/mol. The van der Waals surface area contributed by atoms with Gasteiger partial charge in [0.25, 0.3) is 5.91 Å². The predicted molar refractivity (Wildman–Crippen MR) is 126 cm³/mol. The lowest BCUT2D eigenvalue weighted by atomic mass is 9.95. The molecule has 1 aromatic carbocycles. The molecule has 1 aromatic heterocycles. The smallest absolute Gasteiger partial charge is 0.253 e. The minimum absolute atomic E-state index is 0.0144.